The number of primary amides is 1. The number of nitro benzene ring substituents is 1. The van der Waals surface area contributed by atoms with E-state index in [9.17, 15) is 19.7 Å². The van der Waals surface area contributed by atoms with Crippen molar-refractivity contribution in [3.63, 3.8) is 0 Å². The van der Waals surface area contributed by atoms with Gasteiger partial charge in [0.15, 0.2) is 10.9 Å². The van der Waals surface area contributed by atoms with Crippen LogP contribution in [-0.4, -0.2) is 21.9 Å². The molecule has 2 aromatic heterocycles. The second kappa shape index (κ2) is 9.12. The molecule has 11 heteroatoms. The lowest BCUT2D eigenvalue weighted by Crippen LogP contribution is -2.34. The van der Waals surface area contributed by atoms with Crippen LogP contribution >= 0.6 is 23.6 Å². The molecule has 2 amide bonds. The van der Waals surface area contributed by atoms with Crippen molar-refractivity contribution in [3.8, 4) is 11.3 Å². The number of fused-ring (bicyclic) bond motifs is 1. The summed E-state index contributed by atoms with van der Waals surface area (Å²) in [5.41, 5.74) is 7.37. The molecule has 3 aromatic rings. The Morgan fingerprint density at radius 2 is 2.09 bits per heavy atom. The quantitative estimate of drug-likeness (QED) is 0.279. The molecule has 4 N–H and O–H groups in total. The molecule has 1 atom stereocenters. The molecule has 1 aliphatic carbocycles. The highest BCUT2D eigenvalue weighted by Gasteiger charge is 2.27. The average molecular weight is 485 g/mol. The van der Waals surface area contributed by atoms with Gasteiger partial charge in [0.25, 0.3) is 17.5 Å². The first-order chi connectivity index (χ1) is 15.7. The number of nitrogens with two attached hydrogens (primary N) is 1. The summed E-state index contributed by atoms with van der Waals surface area (Å²) in [5, 5.41) is 16.9. The van der Waals surface area contributed by atoms with Crippen molar-refractivity contribution in [1.29, 1.82) is 0 Å². The SMILES string of the molecule is CC1CCc2c(sc(NC(=S)NC(=O)c3ccc(-c4cccc([N+](=O)[O-])c4)o3)c2C(N)=O)C1. The number of furan rings is 1. The molecule has 1 aliphatic rings. The number of carbonyl (C=O) groups excluding carboxylic acids is 2. The molecule has 4 rings (SSSR count). The molecule has 0 fully saturated rings. The third kappa shape index (κ3) is 4.78. The van der Waals surface area contributed by atoms with Gasteiger partial charge in [0, 0.05) is 22.6 Å². The molecule has 0 aliphatic heterocycles. The van der Waals surface area contributed by atoms with Gasteiger partial charge in [0.2, 0.25) is 0 Å². The van der Waals surface area contributed by atoms with E-state index in [0.29, 0.717) is 27.8 Å². The van der Waals surface area contributed by atoms with Gasteiger partial charge in [0.05, 0.1) is 10.5 Å². The first-order valence-electron chi connectivity index (χ1n) is 10.1. The number of benzene rings is 1. The molecule has 9 nitrogen and oxygen atoms in total. The fraction of sp³-hybridized carbons (Fsp3) is 0.227. The maximum atomic E-state index is 12.6. The molecule has 0 radical (unpaired) electrons. The van der Waals surface area contributed by atoms with E-state index in [1.54, 1.807) is 12.1 Å². The monoisotopic (exact) mass is 484 g/mol. The van der Waals surface area contributed by atoms with Crippen molar-refractivity contribution in [2.75, 3.05) is 5.32 Å². The van der Waals surface area contributed by atoms with Gasteiger partial charge in [-0.2, -0.15) is 0 Å². The van der Waals surface area contributed by atoms with Gasteiger partial charge in [0.1, 0.15) is 10.8 Å². The predicted molar refractivity (Wildman–Crippen MR) is 129 cm³/mol. The number of hydrogen-bond donors (Lipinski definition) is 3. The van der Waals surface area contributed by atoms with E-state index in [4.69, 9.17) is 22.4 Å². The number of thiocarbonyl (C=S) groups is 1. The largest absolute Gasteiger partial charge is 0.451 e. The number of nitrogens with zero attached hydrogens (tertiary/aromatic N) is 1. The lowest BCUT2D eigenvalue weighted by atomic mass is 9.88. The van der Waals surface area contributed by atoms with Crippen LogP contribution in [0.1, 0.15) is 44.7 Å². The Labute approximate surface area is 198 Å². The summed E-state index contributed by atoms with van der Waals surface area (Å²) in [7, 11) is 0. The Bertz CT molecular complexity index is 1280. The van der Waals surface area contributed by atoms with Gasteiger partial charge >= 0.3 is 0 Å². The molecule has 0 bridgehead atoms. The number of amides is 2. The van der Waals surface area contributed by atoms with Crippen LogP contribution in [0.25, 0.3) is 11.3 Å². The molecule has 170 valence electrons. The van der Waals surface area contributed by atoms with Gasteiger partial charge < -0.3 is 15.5 Å². The number of nitro groups is 1. The fourth-order valence-electron chi connectivity index (χ4n) is 3.79. The first kappa shape index (κ1) is 22.6. The molecular weight excluding hydrogens is 464 g/mol. The Kier molecular flexibility index (Phi) is 6.25. The highest BCUT2D eigenvalue weighted by Crippen LogP contribution is 2.39. The summed E-state index contributed by atoms with van der Waals surface area (Å²) in [4.78, 5) is 36.2. The molecule has 1 unspecified atom stereocenters. The standard InChI is InChI=1S/C22H20N4O5S2/c1-11-5-6-14-17(9-11)33-21(18(14)19(23)27)25-22(32)24-20(28)16-8-7-15(31-16)12-3-2-4-13(10-12)26(29)30/h2-4,7-8,10-11H,5-6,9H2,1H3,(H2,23,27)(H2,24,25,28,32). The van der Waals surface area contributed by atoms with Crippen LogP contribution < -0.4 is 16.4 Å². The highest BCUT2D eigenvalue weighted by atomic mass is 32.1. The zero-order valence-electron chi connectivity index (χ0n) is 17.5. The molecule has 0 spiro atoms. The van der Waals surface area contributed by atoms with Crippen molar-refractivity contribution >= 4 is 51.2 Å². The molecule has 0 saturated carbocycles. The normalized spacial score (nSPS) is 14.9. The number of carbonyl (C=O) groups is 2. The molecule has 0 saturated heterocycles. The van der Waals surface area contributed by atoms with Crippen LogP contribution in [0.4, 0.5) is 10.7 Å². The molecule has 33 heavy (non-hydrogen) atoms. The van der Waals surface area contributed by atoms with E-state index in [1.165, 1.54) is 35.6 Å². The highest BCUT2D eigenvalue weighted by molar-refractivity contribution is 7.80. The third-order valence-electron chi connectivity index (χ3n) is 5.38. The minimum atomic E-state index is -0.597. The summed E-state index contributed by atoms with van der Waals surface area (Å²) < 4.78 is 5.56. The van der Waals surface area contributed by atoms with Gasteiger partial charge in [-0.1, -0.05) is 19.1 Å². The Morgan fingerprint density at radius 1 is 1.30 bits per heavy atom. The van der Waals surface area contributed by atoms with Crippen molar-refractivity contribution in [1.82, 2.24) is 5.32 Å². The average Bonchev–Trinajstić information content (AvgIpc) is 3.38. The van der Waals surface area contributed by atoms with Crippen molar-refractivity contribution < 1.29 is 18.9 Å². The second-order valence-electron chi connectivity index (χ2n) is 7.80. The summed E-state index contributed by atoms with van der Waals surface area (Å²) in [6.07, 6.45) is 2.63. The van der Waals surface area contributed by atoms with Crippen LogP contribution in [-0.2, 0) is 12.8 Å². The maximum absolute atomic E-state index is 12.6. The van der Waals surface area contributed by atoms with E-state index in [-0.39, 0.29) is 16.6 Å². The van der Waals surface area contributed by atoms with Crippen LogP contribution in [0.5, 0.6) is 0 Å². The first-order valence-corrected chi connectivity index (χ1v) is 11.4. The Balaban J connectivity index is 1.47. The van der Waals surface area contributed by atoms with Gasteiger partial charge in [-0.05, 0) is 55.1 Å². The van der Waals surface area contributed by atoms with Crippen molar-refractivity contribution in [3.05, 3.63) is 68.3 Å². The number of non-ortho nitro benzene ring substituents is 1. The summed E-state index contributed by atoms with van der Waals surface area (Å²) >= 11 is 6.68. The molecular formula is C22H20N4O5S2. The lowest BCUT2D eigenvalue weighted by Gasteiger charge is -2.18. The number of anilines is 1. The second-order valence-corrected chi connectivity index (χ2v) is 9.31. The third-order valence-corrected chi connectivity index (χ3v) is 6.76. The molecule has 1 aromatic carbocycles. The van der Waals surface area contributed by atoms with E-state index in [1.807, 2.05) is 0 Å². The summed E-state index contributed by atoms with van der Waals surface area (Å²) in [6.45, 7) is 2.16. The van der Waals surface area contributed by atoms with Gasteiger partial charge in [-0.3, -0.25) is 25.0 Å². The van der Waals surface area contributed by atoms with Crippen LogP contribution in [0.2, 0.25) is 0 Å². The number of thiophene rings is 1. The van der Waals surface area contributed by atoms with Crippen LogP contribution in [0.15, 0.2) is 40.8 Å². The number of nitrogens with one attached hydrogen (secondary N) is 2. The Morgan fingerprint density at radius 3 is 2.82 bits per heavy atom. The summed E-state index contributed by atoms with van der Waals surface area (Å²) in [6, 6.07) is 8.90. The van der Waals surface area contributed by atoms with Crippen molar-refractivity contribution in [2.45, 2.75) is 26.2 Å². The Hall–Kier alpha value is -3.57. The number of hydrogen-bond acceptors (Lipinski definition) is 7. The zero-order chi connectivity index (χ0) is 23.7. The van der Waals surface area contributed by atoms with E-state index in [2.05, 4.69) is 17.6 Å². The van der Waals surface area contributed by atoms with E-state index in [0.717, 1.165) is 29.7 Å². The minimum Gasteiger partial charge on any atom is -0.451 e. The summed E-state index contributed by atoms with van der Waals surface area (Å²) in [5.74, 6) is -0.324. The zero-order valence-corrected chi connectivity index (χ0v) is 19.2. The van der Waals surface area contributed by atoms with E-state index < -0.39 is 16.7 Å². The predicted octanol–water partition coefficient (Wildman–Crippen LogP) is 4.27. The van der Waals surface area contributed by atoms with Crippen molar-refractivity contribution in [2.24, 2.45) is 11.7 Å². The van der Waals surface area contributed by atoms with Gasteiger partial charge in [-0.15, -0.1) is 11.3 Å². The van der Waals surface area contributed by atoms with Gasteiger partial charge in [-0.25, -0.2) is 0 Å². The van der Waals surface area contributed by atoms with Crippen LogP contribution in [0, 0.1) is 16.0 Å². The topological polar surface area (TPSA) is 140 Å². The van der Waals surface area contributed by atoms with Crippen LogP contribution in [0.3, 0.4) is 0 Å². The number of rotatable bonds is 5. The minimum absolute atomic E-state index is 0.00226. The van der Waals surface area contributed by atoms with E-state index >= 15 is 0 Å². The molecule has 2 heterocycles. The lowest BCUT2D eigenvalue weighted by molar-refractivity contribution is -0.384. The smallest absolute Gasteiger partial charge is 0.293 e. The fourth-order valence-corrected chi connectivity index (χ4v) is 5.47. The maximum Gasteiger partial charge on any atom is 0.293 e.